The molecule has 0 nitrogen and oxygen atoms in total. The third-order valence-corrected chi connectivity index (χ3v) is 7.52. The second kappa shape index (κ2) is 21.3. The highest BCUT2D eigenvalue weighted by atomic mass is 14.2. The molecule has 0 saturated heterocycles. The molecule has 0 heterocycles. The molecule has 6 rings (SSSR count). The zero-order valence-electron chi connectivity index (χ0n) is 29.7. The molecular weight excluding hydrogens is 553 g/mol. The van der Waals surface area contributed by atoms with Crippen molar-refractivity contribution in [3.63, 3.8) is 0 Å². The van der Waals surface area contributed by atoms with Gasteiger partial charge in [-0.25, -0.2) is 0 Å². The Morgan fingerprint density at radius 2 is 1.02 bits per heavy atom. The predicted molar refractivity (Wildman–Crippen MR) is 210 cm³/mol. The second-order valence-electron chi connectivity index (χ2n) is 10.6. The second-order valence-corrected chi connectivity index (χ2v) is 10.6. The van der Waals surface area contributed by atoms with Crippen LogP contribution < -0.4 is 0 Å². The summed E-state index contributed by atoms with van der Waals surface area (Å²) in [5, 5.41) is 2.56. The number of allylic oxidation sites excluding steroid dienone is 5. The van der Waals surface area contributed by atoms with E-state index in [2.05, 4.69) is 148 Å². The van der Waals surface area contributed by atoms with E-state index in [1.54, 1.807) is 0 Å². The van der Waals surface area contributed by atoms with Crippen LogP contribution in [0.4, 0.5) is 0 Å². The molecule has 0 aromatic heterocycles. The highest BCUT2D eigenvalue weighted by Crippen LogP contribution is 2.37. The van der Waals surface area contributed by atoms with Crippen LogP contribution in [0.3, 0.4) is 0 Å². The van der Waals surface area contributed by atoms with Crippen LogP contribution in [0.15, 0.2) is 140 Å². The molecule has 0 fully saturated rings. The summed E-state index contributed by atoms with van der Waals surface area (Å²) < 4.78 is 0. The molecule has 0 heteroatoms. The quantitative estimate of drug-likeness (QED) is 0.168. The summed E-state index contributed by atoms with van der Waals surface area (Å²) in [5.41, 5.74) is 11.8. The van der Waals surface area contributed by atoms with Gasteiger partial charge in [-0.1, -0.05) is 170 Å². The Morgan fingerprint density at radius 1 is 0.500 bits per heavy atom. The maximum Gasteiger partial charge on any atom is -0.0172 e. The molecule has 5 aromatic rings. The molecule has 0 radical (unpaired) electrons. The van der Waals surface area contributed by atoms with E-state index in [1.807, 2.05) is 47.6 Å². The lowest BCUT2D eigenvalue weighted by Crippen LogP contribution is -1.95. The topological polar surface area (TPSA) is 0 Å². The SMILES string of the molecule is C=CCCC.CC.CC.CC.Cc1cccc(-c2cc(C3=CC=C(c4ccccc4)CC3)cc(-c3ccc4ccccc4c3)c2)c1. The normalized spacial score (nSPS) is 11.4. The van der Waals surface area contributed by atoms with Crippen LogP contribution in [0.1, 0.15) is 90.8 Å². The summed E-state index contributed by atoms with van der Waals surface area (Å²) in [7, 11) is 0. The molecule has 0 aliphatic heterocycles. The molecule has 46 heavy (non-hydrogen) atoms. The number of benzene rings is 5. The van der Waals surface area contributed by atoms with Gasteiger partial charge < -0.3 is 0 Å². The highest BCUT2D eigenvalue weighted by molar-refractivity contribution is 5.89. The molecule has 1 aliphatic carbocycles. The van der Waals surface area contributed by atoms with E-state index in [-0.39, 0.29) is 0 Å². The largest absolute Gasteiger partial charge is 0.103 e. The standard InChI is InChI=1S/C35H28.C5H10.3C2H6/c1-25-8-7-13-30(20-25)34-22-33(29-16-14-28(15-17-29)26-9-3-2-4-10-26)23-35(24-34)32-19-18-27-11-5-6-12-31(27)21-32;1-3-5-4-2;3*1-2/h2-14,16,18-24H,15,17H2,1H3;3H,1,4-5H2,2H3;3*1-2H3. The van der Waals surface area contributed by atoms with E-state index >= 15 is 0 Å². The van der Waals surface area contributed by atoms with Crippen molar-refractivity contribution in [2.24, 2.45) is 0 Å². The molecule has 0 N–H and O–H groups in total. The summed E-state index contributed by atoms with van der Waals surface area (Å²) in [5.74, 6) is 0. The first kappa shape index (κ1) is 37.8. The first-order chi connectivity index (χ1) is 22.6. The lowest BCUT2D eigenvalue weighted by Gasteiger charge is -2.18. The van der Waals surface area contributed by atoms with E-state index in [0.29, 0.717) is 0 Å². The van der Waals surface area contributed by atoms with Crippen molar-refractivity contribution in [3.05, 3.63) is 157 Å². The molecule has 0 saturated carbocycles. The van der Waals surface area contributed by atoms with Crippen LogP contribution in [-0.2, 0) is 0 Å². The Kier molecular flexibility index (Phi) is 17.5. The zero-order chi connectivity index (χ0) is 33.7. The number of hydrogen-bond acceptors (Lipinski definition) is 0. The predicted octanol–water partition coefficient (Wildman–Crippen LogP) is 14.8. The van der Waals surface area contributed by atoms with Gasteiger partial charge in [0.2, 0.25) is 0 Å². The molecule has 0 amide bonds. The number of fused-ring (bicyclic) bond motifs is 1. The van der Waals surface area contributed by atoms with Crippen LogP contribution in [0, 0.1) is 6.92 Å². The van der Waals surface area contributed by atoms with Gasteiger partial charge in [0.1, 0.15) is 0 Å². The Labute approximate surface area is 281 Å². The lowest BCUT2D eigenvalue weighted by molar-refractivity contribution is 0.961. The lowest BCUT2D eigenvalue weighted by atomic mass is 9.87. The third kappa shape index (κ3) is 10.9. The minimum absolute atomic E-state index is 1.05. The summed E-state index contributed by atoms with van der Waals surface area (Å²) in [6.07, 6.45) is 11.1. The van der Waals surface area contributed by atoms with Gasteiger partial charge in [0.15, 0.2) is 0 Å². The van der Waals surface area contributed by atoms with Gasteiger partial charge in [0.05, 0.1) is 0 Å². The van der Waals surface area contributed by atoms with Crippen molar-refractivity contribution in [2.75, 3.05) is 0 Å². The van der Waals surface area contributed by atoms with Crippen LogP contribution in [-0.4, -0.2) is 0 Å². The van der Waals surface area contributed by atoms with Crippen molar-refractivity contribution in [1.29, 1.82) is 0 Å². The van der Waals surface area contributed by atoms with Crippen molar-refractivity contribution in [1.82, 2.24) is 0 Å². The van der Waals surface area contributed by atoms with Gasteiger partial charge in [0.25, 0.3) is 0 Å². The molecule has 1 aliphatic rings. The summed E-state index contributed by atoms with van der Waals surface area (Å²) in [4.78, 5) is 0. The maximum absolute atomic E-state index is 3.55. The first-order valence-electron chi connectivity index (χ1n) is 17.4. The summed E-state index contributed by atoms with van der Waals surface area (Å²) in [6.45, 7) is 19.9. The summed E-state index contributed by atoms with van der Waals surface area (Å²) >= 11 is 0. The number of hydrogen-bond donors (Lipinski definition) is 0. The molecule has 0 spiro atoms. The Hall–Kier alpha value is -4.42. The van der Waals surface area contributed by atoms with Gasteiger partial charge in [-0.3, -0.25) is 0 Å². The number of aryl methyl sites for hydroxylation is 1. The van der Waals surface area contributed by atoms with E-state index in [0.717, 1.165) is 19.3 Å². The number of unbranched alkanes of at least 4 members (excludes halogenated alkanes) is 1. The van der Waals surface area contributed by atoms with E-state index in [9.17, 15) is 0 Å². The highest BCUT2D eigenvalue weighted by Gasteiger charge is 2.13. The fourth-order valence-corrected chi connectivity index (χ4v) is 5.31. The van der Waals surface area contributed by atoms with Crippen LogP contribution in [0.2, 0.25) is 0 Å². The fourth-order valence-electron chi connectivity index (χ4n) is 5.31. The minimum Gasteiger partial charge on any atom is -0.103 e. The van der Waals surface area contributed by atoms with Crippen molar-refractivity contribution < 1.29 is 0 Å². The van der Waals surface area contributed by atoms with Crippen molar-refractivity contribution >= 4 is 21.9 Å². The van der Waals surface area contributed by atoms with E-state index in [4.69, 9.17) is 0 Å². The van der Waals surface area contributed by atoms with E-state index < -0.39 is 0 Å². The zero-order valence-corrected chi connectivity index (χ0v) is 29.7. The molecule has 240 valence electrons. The van der Waals surface area contributed by atoms with Gasteiger partial charge in [-0.05, 0) is 106 Å². The van der Waals surface area contributed by atoms with Crippen molar-refractivity contribution in [2.45, 2.75) is 81.1 Å². The monoisotopic (exact) mass is 608 g/mol. The molecule has 5 aromatic carbocycles. The van der Waals surface area contributed by atoms with E-state index in [1.165, 1.54) is 67.3 Å². The van der Waals surface area contributed by atoms with Crippen LogP contribution in [0.25, 0.3) is 44.2 Å². The fraction of sp³-hybridized carbons (Fsp3) is 0.261. The molecule has 0 bridgehead atoms. The van der Waals surface area contributed by atoms with Crippen LogP contribution in [0.5, 0.6) is 0 Å². The van der Waals surface area contributed by atoms with Crippen LogP contribution >= 0.6 is 0 Å². The number of rotatable bonds is 6. The molecular formula is C46H56. The third-order valence-electron chi connectivity index (χ3n) is 7.52. The summed E-state index contributed by atoms with van der Waals surface area (Å²) in [6, 6.07) is 42.0. The van der Waals surface area contributed by atoms with Gasteiger partial charge in [0, 0.05) is 0 Å². The first-order valence-corrected chi connectivity index (χ1v) is 17.4. The van der Waals surface area contributed by atoms with Gasteiger partial charge >= 0.3 is 0 Å². The van der Waals surface area contributed by atoms with Gasteiger partial charge in [-0.15, -0.1) is 6.58 Å². The minimum atomic E-state index is 1.05. The Bertz CT molecular complexity index is 1660. The van der Waals surface area contributed by atoms with Gasteiger partial charge in [-0.2, -0.15) is 0 Å². The average Bonchev–Trinajstić information content (AvgIpc) is 3.15. The Balaban J connectivity index is 0.000000596. The Morgan fingerprint density at radius 3 is 1.57 bits per heavy atom. The van der Waals surface area contributed by atoms with Crippen molar-refractivity contribution in [3.8, 4) is 22.3 Å². The maximum atomic E-state index is 3.55. The molecule has 0 atom stereocenters. The smallest absolute Gasteiger partial charge is 0.0172 e. The average molecular weight is 609 g/mol. The molecule has 0 unspecified atom stereocenters.